The Morgan fingerprint density at radius 1 is 1.03 bits per heavy atom. The lowest BCUT2D eigenvalue weighted by molar-refractivity contribution is -0.141. The Kier molecular flexibility index (Phi) is 7.94. The normalized spacial score (nSPS) is 13.4. The molecule has 3 amide bonds. The molecule has 3 aromatic rings. The zero-order chi connectivity index (χ0) is 25.8. The Hall–Kier alpha value is -3.38. The third kappa shape index (κ3) is 5.39. The van der Waals surface area contributed by atoms with Crippen LogP contribution in [0.25, 0.3) is 10.8 Å². The molecule has 0 bridgehead atoms. The molecule has 1 aliphatic heterocycles. The lowest BCUT2D eigenvalue weighted by Crippen LogP contribution is -2.50. The number of amides is 3. The zero-order valence-corrected chi connectivity index (χ0v) is 21.7. The molecule has 1 atom stereocenters. The van der Waals surface area contributed by atoms with Crippen LogP contribution in [0.15, 0.2) is 60.7 Å². The van der Waals surface area contributed by atoms with E-state index in [1.807, 2.05) is 69.3 Å². The van der Waals surface area contributed by atoms with Crippen molar-refractivity contribution < 1.29 is 14.4 Å². The zero-order valence-electron chi connectivity index (χ0n) is 21.0. The number of carbonyl (C=O) groups is 3. The van der Waals surface area contributed by atoms with Crippen LogP contribution >= 0.6 is 11.6 Å². The monoisotopic (exact) mass is 505 g/mol. The highest BCUT2D eigenvalue weighted by atomic mass is 35.5. The van der Waals surface area contributed by atoms with Gasteiger partial charge in [0.2, 0.25) is 11.8 Å². The summed E-state index contributed by atoms with van der Waals surface area (Å²) in [5.74, 6) is -0.306. The van der Waals surface area contributed by atoms with Crippen molar-refractivity contribution in [1.29, 1.82) is 0 Å². The number of hydrogen-bond donors (Lipinski definition) is 1. The number of anilines is 1. The van der Waals surface area contributed by atoms with Gasteiger partial charge in [-0.1, -0.05) is 54.9 Å². The van der Waals surface area contributed by atoms with E-state index in [0.29, 0.717) is 36.5 Å². The van der Waals surface area contributed by atoms with Gasteiger partial charge < -0.3 is 15.1 Å². The third-order valence-corrected chi connectivity index (χ3v) is 6.76. The first-order chi connectivity index (χ1) is 17.3. The van der Waals surface area contributed by atoms with Crippen molar-refractivity contribution in [1.82, 2.24) is 10.2 Å². The molecule has 0 radical (unpaired) electrons. The van der Waals surface area contributed by atoms with Crippen molar-refractivity contribution in [3.8, 4) is 0 Å². The maximum atomic E-state index is 13.5. The first kappa shape index (κ1) is 25.7. The van der Waals surface area contributed by atoms with E-state index in [1.54, 1.807) is 21.9 Å². The van der Waals surface area contributed by atoms with E-state index in [4.69, 9.17) is 11.6 Å². The molecule has 0 aromatic heterocycles. The fraction of sp³-hybridized carbons (Fsp3) is 0.345. The molecule has 1 heterocycles. The van der Waals surface area contributed by atoms with Gasteiger partial charge in [-0.25, -0.2) is 0 Å². The van der Waals surface area contributed by atoms with Crippen molar-refractivity contribution in [2.24, 2.45) is 0 Å². The van der Waals surface area contributed by atoms with Crippen LogP contribution in [-0.2, 0) is 16.1 Å². The third-order valence-electron chi connectivity index (χ3n) is 6.50. The number of nitrogens with zero attached hydrogens (tertiary/aromatic N) is 2. The van der Waals surface area contributed by atoms with Gasteiger partial charge in [0, 0.05) is 41.5 Å². The van der Waals surface area contributed by atoms with Crippen molar-refractivity contribution in [2.45, 2.75) is 58.7 Å². The molecule has 1 aliphatic rings. The molecule has 0 unspecified atom stereocenters. The summed E-state index contributed by atoms with van der Waals surface area (Å²) in [5.41, 5.74) is 2.50. The van der Waals surface area contributed by atoms with Crippen LogP contribution in [0.1, 0.15) is 56.0 Å². The number of carbonyl (C=O) groups excluding carboxylic acids is 3. The number of benzene rings is 3. The molecule has 36 heavy (non-hydrogen) atoms. The molecular weight excluding hydrogens is 474 g/mol. The minimum absolute atomic E-state index is 0.0236. The number of nitrogens with one attached hydrogen (secondary N) is 1. The predicted molar refractivity (Wildman–Crippen MR) is 144 cm³/mol. The summed E-state index contributed by atoms with van der Waals surface area (Å²) in [6, 6.07) is 18.4. The topological polar surface area (TPSA) is 69.7 Å². The molecule has 0 saturated heterocycles. The lowest BCUT2D eigenvalue weighted by Gasteiger charge is -2.31. The fourth-order valence-corrected chi connectivity index (χ4v) is 4.95. The summed E-state index contributed by atoms with van der Waals surface area (Å²) >= 11 is 6.04. The quantitative estimate of drug-likeness (QED) is 0.392. The largest absolute Gasteiger partial charge is 0.352 e. The fourth-order valence-electron chi connectivity index (χ4n) is 4.82. The van der Waals surface area contributed by atoms with E-state index >= 15 is 0 Å². The average Bonchev–Trinajstić information content (AvgIpc) is 3.12. The summed E-state index contributed by atoms with van der Waals surface area (Å²) in [5, 5.41) is 5.57. The molecule has 0 aliphatic carbocycles. The van der Waals surface area contributed by atoms with E-state index in [0.717, 1.165) is 22.0 Å². The van der Waals surface area contributed by atoms with Crippen LogP contribution < -0.4 is 10.2 Å². The minimum atomic E-state index is -0.581. The summed E-state index contributed by atoms with van der Waals surface area (Å²) in [4.78, 5) is 42.9. The van der Waals surface area contributed by atoms with Crippen molar-refractivity contribution >= 4 is 45.8 Å². The summed E-state index contributed by atoms with van der Waals surface area (Å²) in [6.45, 7) is 6.46. The highest BCUT2D eigenvalue weighted by Crippen LogP contribution is 2.37. The highest BCUT2D eigenvalue weighted by molar-refractivity contribution is 6.30. The average molecular weight is 506 g/mol. The molecule has 0 saturated carbocycles. The van der Waals surface area contributed by atoms with Gasteiger partial charge in [0.15, 0.2) is 0 Å². The van der Waals surface area contributed by atoms with Gasteiger partial charge in [-0.2, -0.15) is 0 Å². The van der Waals surface area contributed by atoms with Gasteiger partial charge in [-0.05, 0) is 61.9 Å². The van der Waals surface area contributed by atoms with E-state index in [2.05, 4.69) is 5.32 Å². The molecule has 6 nitrogen and oxygen atoms in total. The molecule has 7 heteroatoms. The molecule has 0 spiro atoms. The Morgan fingerprint density at radius 2 is 1.72 bits per heavy atom. The van der Waals surface area contributed by atoms with E-state index < -0.39 is 6.04 Å². The van der Waals surface area contributed by atoms with E-state index in [1.165, 1.54) is 0 Å². The number of rotatable bonds is 10. The second-order valence-corrected chi connectivity index (χ2v) is 9.91. The van der Waals surface area contributed by atoms with Gasteiger partial charge in [0.1, 0.15) is 6.04 Å². The van der Waals surface area contributed by atoms with Crippen LogP contribution in [0.3, 0.4) is 0 Å². The number of halogens is 1. The molecule has 3 aromatic carbocycles. The first-order valence-electron chi connectivity index (χ1n) is 12.5. The van der Waals surface area contributed by atoms with Crippen LogP contribution in [-0.4, -0.2) is 41.2 Å². The van der Waals surface area contributed by atoms with Crippen molar-refractivity contribution in [2.75, 3.05) is 11.4 Å². The lowest BCUT2D eigenvalue weighted by atomic mass is 10.1. The molecule has 4 rings (SSSR count). The summed E-state index contributed by atoms with van der Waals surface area (Å²) < 4.78 is 0. The maximum absolute atomic E-state index is 13.5. The van der Waals surface area contributed by atoms with Crippen LogP contribution in [0.2, 0.25) is 5.02 Å². The second kappa shape index (κ2) is 11.1. The maximum Gasteiger partial charge on any atom is 0.258 e. The molecular formula is C29H32ClN3O3. The van der Waals surface area contributed by atoms with E-state index in [-0.39, 0.29) is 30.2 Å². The minimum Gasteiger partial charge on any atom is -0.352 e. The van der Waals surface area contributed by atoms with Crippen molar-refractivity contribution in [3.63, 3.8) is 0 Å². The Balaban J connectivity index is 1.48. The smallest absolute Gasteiger partial charge is 0.258 e. The van der Waals surface area contributed by atoms with Gasteiger partial charge in [-0.15, -0.1) is 0 Å². The van der Waals surface area contributed by atoms with Gasteiger partial charge in [0.25, 0.3) is 5.91 Å². The first-order valence-corrected chi connectivity index (χ1v) is 12.9. The highest BCUT2D eigenvalue weighted by Gasteiger charge is 2.31. The van der Waals surface area contributed by atoms with Crippen LogP contribution in [0, 0.1) is 0 Å². The van der Waals surface area contributed by atoms with Gasteiger partial charge >= 0.3 is 0 Å². The second-order valence-electron chi connectivity index (χ2n) is 9.48. The summed E-state index contributed by atoms with van der Waals surface area (Å²) in [6.07, 6.45) is 1.23. The predicted octanol–water partition coefficient (Wildman–Crippen LogP) is 5.57. The van der Waals surface area contributed by atoms with Crippen LogP contribution in [0.4, 0.5) is 5.69 Å². The molecule has 188 valence electrons. The standard InChI is InChI=1S/C29H32ClN3O3/c1-4-24(28(35)31-19(2)3)33(18-20-13-15-22(30)16-14-20)26(34)12-7-17-32-25-11-6-9-21-8-5-10-23(27(21)25)29(32)36/h5-6,8-11,13-16,19,24H,4,7,12,17-18H2,1-3H3,(H,31,35)/t24-/m1/s1. The molecule has 0 fully saturated rings. The van der Waals surface area contributed by atoms with E-state index in [9.17, 15) is 14.4 Å². The Labute approximate surface area is 217 Å². The summed E-state index contributed by atoms with van der Waals surface area (Å²) in [7, 11) is 0. The van der Waals surface area contributed by atoms with Gasteiger partial charge in [0.05, 0.1) is 5.69 Å². The van der Waals surface area contributed by atoms with Gasteiger partial charge in [-0.3, -0.25) is 14.4 Å². The van der Waals surface area contributed by atoms with Crippen LogP contribution in [0.5, 0.6) is 0 Å². The Bertz CT molecular complexity index is 1270. The SMILES string of the molecule is CC[C@H](C(=O)NC(C)C)N(Cc1ccc(Cl)cc1)C(=O)CCCN1C(=O)c2cccc3cccc1c23. The number of hydrogen-bond acceptors (Lipinski definition) is 3. The molecule has 1 N–H and O–H groups in total. The van der Waals surface area contributed by atoms with Crippen molar-refractivity contribution in [3.05, 3.63) is 76.8 Å². The Morgan fingerprint density at radius 3 is 2.39 bits per heavy atom.